The molecule has 2 aromatic carbocycles. The molecule has 0 aromatic heterocycles. The molecule has 1 unspecified atom stereocenters. The molecule has 1 fully saturated rings. The van der Waals surface area contributed by atoms with Crippen molar-refractivity contribution in [2.45, 2.75) is 82.6 Å². The van der Waals surface area contributed by atoms with Crippen LogP contribution in [0.4, 0.5) is 0 Å². The first-order valence-corrected chi connectivity index (χ1v) is 12.0. The van der Waals surface area contributed by atoms with Crippen molar-refractivity contribution in [2.24, 2.45) is 0 Å². The first-order valence-electron chi connectivity index (χ1n) is 12.0. The van der Waals surface area contributed by atoms with Gasteiger partial charge in [-0.15, -0.1) is 0 Å². The van der Waals surface area contributed by atoms with Gasteiger partial charge in [0.15, 0.2) is 0 Å². The van der Waals surface area contributed by atoms with Gasteiger partial charge >= 0.3 is 0 Å². The third kappa shape index (κ3) is 6.05. The normalized spacial score (nSPS) is 26.4. The van der Waals surface area contributed by atoms with E-state index in [2.05, 4.69) is 11.8 Å². The standard InChI is InChI=1S/C28H36O6/c1-4-13-28(33,5-2)14-12-19-7-9-20(10-8-19)15-22-16-21(11-6-18(22)3)27-26(32)25(31)24(30)23(17-29)34-27/h6-11,16,23-27,29-33H,4-5,13,15,17H2,1-3H3/t23-,24-,25+,26-,27+,28?/m1/s1. The highest BCUT2D eigenvalue weighted by Gasteiger charge is 2.43. The lowest BCUT2D eigenvalue weighted by Gasteiger charge is -2.40. The summed E-state index contributed by atoms with van der Waals surface area (Å²) in [5.41, 5.74) is 3.77. The molecule has 2 aromatic rings. The van der Waals surface area contributed by atoms with Crippen molar-refractivity contribution < 1.29 is 30.3 Å². The van der Waals surface area contributed by atoms with Gasteiger partial charge in [-0.3, -0.25) is 0 Å². The zero-order valence-electron chi connectivity index (χ0n) is 20.1. The zero-order chi connectivity index (χ0) is 24.9. The molecule has 184 valence electrons. The largest absolute Gasteiger partial charge is 0.394 e. The van der Waals surface area contributed by atoms with Crippen molar-refractivity contribution in [2.75, 3.05) is 6.61 Å². The Hall–Kier alpha value is -2.24. The first-order chi connectivity index (χ1) is 16.2. The van der Waals surface area contributed by atoms with Crippen molar-refractivity contribution in [1.82, 2.24) is 0 Å². The van der Waals surface area contributed by atoms with Crippen LogP contribution in [-0.2, 0) is 11.2 Å². The molecular formula is C28H36O6. The Labute approximate surface area is 201 Å². The maximum absolute atomic E-state index is 10.5. The van der Waals surface area contributed by atoms with Crippen LogP contribution in [0, 0.1) is 18.8 Å². The van der Waals surface area contributed by atoms with Crippen LogP contribution in [0.5, 0.6) is 0 Å². The van der Waals surface area contributed by atoms with Crippen LogP contribution in [0.2, 0.25) is 0 Å². The van der Waals surface area contributed by atoms with Crippen LogP contribution in [0.25, 0.3) is 0 Å². The summed E-state index contributed by atoms with van der Waals surface area (Å²) in [6, 6.07) is 13.6. The maximum atomic E-state index is 10.5. The Bertz CT molecular complexity index is 1010. The summed E-state index contributed by atoms with van der Waals surface area (Å²) in [4.78, 5) is 0. The number of aliphatic hydroxyl groups excluding tert-OH is 4. The fraction of sp³-hybridized carbons (Fsp3) is 0.500. The second-order valence-electron chi connectivity index (χ2n) is 9.19. The van der Waals surface area contributed by atoms with Crippen LogP contribution in [0.3, 0.4) is 0 Å². The van der Waals surface area contributed by atoms with Gasteiger partial charge in [-0.25, -0.2) is 0 Å². The van der Waals surface area contributed by atoms with E-state index >= 15 is 0 Å². The molecule has 1 aliphatic heterocycles. The van der Waals surface area contributed by atoms with E-state index < -0.39 is 42.7 Å². The number of hydrogen-bond acceptors (Lipinski definition) is 6. The summed E-state index contributed by atoms with van der Waals surface area (Å²) >= 11 is 0. The molecular weight excluding hydrogens is 432 g/mol. The molecule has 0 saturated carbocycles. The van der Waals surface area contributed by atoms with E-state index in [4.69, 9.17) is 4.74 Å². The molecule has 6 heteroatoms. The molecule has 3 rings (SSSR count). The summed E-state index contributed by atoms with van der Waals surface area (Å²) in [5.74, 6) is 6.11. The summed E-state index contributed by atoms with van der Waals surface area (Å²) in [7, 11) is 0. The van der Waals surface area contributed by atoms with Crippen LogP contribution in [0.1, 0.15) is 67.0 Å². The van der Waals surface area contributed by atoms with E-state index in [0.717, 1.165) is 28.7 Å². The molecule has 1 heterocycles. The average molecular weight is 469 g/mol. The number of ether oxygens (including phenoxy) is 1. The minimum absolute atomic E-state index is 0.455. The van der Waals surface area contributed by atoms with Crippen LogP contribution < -0.4 is 0 Å². The van der Waals surface area contributed by atoms with Gasteiger partial charge in [-0.2, -0.15) is 0 Å². The van der Waals surface area contributed by atoms with Crippen molar-refractivity contribution in [3.63, 3.8) is 0 Å². The lowest BCUT2D eigenvalue weighted by atomic mass is 9.89. The molecule has 0 spiro atoms. The minimum atomic E-state index is -1.41. The molecule has 1 aliphatic rings. The molecule has 6 nitrogen and oxygen atoms in total. The number of rotatable bonds is 7. The van der Waals surface area contributed by atoms with Gasteiger partial charge in [-0.1, -0.05) is 62.4 Å². The molecule has 5 N–H and O–H groups in total. The number of aryl methyl sites for hydroxylation is 1. The van der Waals surface area contributed by atoms with E-state index in [1.54, 1.807) is 0 Å². The summed E-state index contributed by atoms with van der Waals surface area (Å²) < 4.78 is 5.71. The number of benzene rings is 2. The van der Waals surface area contributed by atoms with Gasteiger partial charge in [-0.05, 0) is 60.6 Å². The van der Waals surface area contributed by atoms with E-state index in [1.165, 1.54) is 0 Å². The van der Waals surface area contributed by atoms with E-state index in [0.29, 0.717) is 24.8 Å². The Balaban J connectivity index is 1.78. The topological polar surface area (TPSA) is 110 Å². The summed E-state index contributed by atoms with van der Waals surface area (Å²) in [5, 5.41) is 50.6. The van der Waals surface area contributed by atoms with Crippen molar-refractivity contribution >= 4 is 0 Å². The maximum Gasteiger partial charge on any atom is 0.125 e. The first kappa shape index (κ1) is 26.4. The highest BCUT2D eigenvalue weighted by atomic mass is 16.5. The Morgan fingerprint density at radius 3 is 2.29 bits per heavy atom. The molecule has 34 heavy (non-hydrogen) atoms. The van der Waals surface area contributed by atoms with Gasteiger partial charge in [0.1, 0.15) is 36.1 Å². The average Bonchev–Trinajstić information content (AvgIpc) is 2.84. The van der Waals surface area contributed by atoms with Crippen molar-refractivity contribution in [3.8, 4) is 11.8 Å². The quantitative estimate of drug-likeness (QED) is 0.399. The molecule has 1 saturated heterocycles. The summed E-state index contributed by atoms with van der Waals surface area (Å²) in [6.45, 7) is 5.52. The van der Waals surface area contributed by atoms with Crippen molar-refractivity contribution in [3.05, 3.63) is 70.3 Å². The Morgan fingerprint density at radius 2 is 1.68 bits per heavy atom. The smallest absolute Gasteiger partial charge is 0.125 e. The lowest BCUT2D eigenvalue weighted by Crippen LogP contribution is -2.55. The minimum Gasteiger partial charge on any atom is -0.394 e. The third-order valence-electron chi connectivity index (χ3n) is 6.63. The highest BCUT2D eigenvalue weighted by molar-refractivity contribution is 5.41. The predicted octanol–water partition coefficient (Wildman–Crippen LogP) is 2.39. The van der Waals surface area contributed by atoms with E-state index in [9.17, 15) is 25.5 Å². The highest BCUT2D eigenvalue weighted by Crippen LogP contribution is 2.33. The molecule has 0 bridgehead atoms. The van der Waals surface area contributed by atoms with Crippen LogP contribution in [-0.4, -0.2) is 62.2 Å². The second kappa shape index (κ2) is 11.5. The van der Waals surface area contributed by atoms with Crippen LogP contribution >= 0.6 is 0 Å². The van der Waals surface area contributed by atoms with Gasteiger partial charge < -0.3 is 30.3 Å². The van der Waals surface area contributed by atoms with Gasteiger partial charge in [0.2, 0.25) is 0 Å². The van der Waals surface area contributed by atoms with Gasteiger partial charge in [0.05, 0.1) is 6.61 Å². The third-order valence-corrected chi connectivity index (χ3v) is 6.63. The molecule has 0 aliphatic carbocycles. The lowest BCUT2D eigenvalue weighted by molar-refractivity contribution is -0.231. The number of aliphatic hydroxyl groups is 5. The fourth-order valence-corrected chi connectivity index (χ4v) is 4.29. The molecule has 0 radical (unpaired) electrons. The second-order valence-corrected chi connectivity index (χ2v) is 9.19. The predicted molar refractivity (Wildman–Crippen MR) is 130 cm³/mol. The molecule has 0 amide bonds. The summed E-state index contributed by atoms with van der Waals surface area (Å²) in [6.07, 6.45) is -3.11. The fourth-order valence-electron chi connectivity index (χ4n) is 4.29. The van der Waals surface area contributed by atoms with Crippen molar-refractivity contribution in [1.29, 1.82) is 0 Å². The van der Waals surface area contributed by atoms with Crippen LogP contribution in [0.15, 0.2) is 42.5 Å². The van der Waals surface area contributed by atoms with E-state index in [-0.39, 0.29) is 0 Å². The zero-order valence-corrected chi connectivity index (χ0v) is 20.1. The van der Waals surface area contributed by atoms with Gasteiger partial charge in [0.25, 0.3) is 0 Å². The SMILES string of the molecule is CCCC(O)(C#Cc1ccc(Cc2cc([C@@H]3O[C@H](CO)[C@@H](O)[C@H](O)[C@H]3O)ccc2C)cc1)CC. The monoisotopic (exact) mass is 468 g/mol. The van der Waals surface area contributed by atoms with Gasteiger partial charge in [0, 0.05) is 5.56 Å². The Morgan fingerprint density at radius 1 is 0.971 bits per heavy atom. The number of hydrogen-bond donors (Lipinski definition) is 5. The molecule has 6 atom stereocenters. The van der Waals surface area contributed by atoms with E-state index in [1.807, 2.05) is 63.2 Å². The Kier molecular flexibility index (Phi) is 8.89.